The molecule has 0 aromatic heterocycles. The van der Waals surface area contributed by atoms with Gasteiger partial charge in [0.2, 0.25) is 0 Å². The Morgan fingerprint density at radius 1 is 1.17 bits per heavy atom. The SMILES string of the molecule is COc1cc2c(cc1OC)[C@@H](C)[NH+](CC(=O)Nc1cccc(C(F)(F)F)c1)CC2. The molecule has 0 radical (unpaired) electrons. The van der Waals surface area contributed by atoms with Crippen molar-refractivity contribution in [3.05, 3.63) is 53.1 Å². The molecule has 1 amide bonds. The number of quaternary nitrogens is 1. The number of amides is 1. The fourth-order valence-electron chi connectivity index (χ4n) is 3.71. The lowest BCUT2D eigenvalue weighted by Crippen LogP contribution is -3.14. The Hall–Kier alpha value is -2.74. The summed E-state index contributed by atoms with van der Waals surface area (Å²) in [5.41, 5.74) is 1.58. The summed E-state index contributed by atoms with van der Waals surface area (Å²) in [6.45, 7) is 2.92. The van der Waals surface area contributed by atoms with Crippen molar-refractivity contribution in [2.45, 2.75) is 25.6 Å². The standard InChI is InChI=1S/C21H23F3N2O3/c1-13-17-11-19(29-3)18(28-2)9-14(17)7-8-26(13)12-20(27)25-16-6-4-5-15(10-16)21(22,23)24/h4-6,9-11,13H,7-8,12H2,1-3H3,(H,25,27)/p+1/t13-/m1/s1. The van der Waals surface area contributed by atoms with Gasteiger partial charge in [0, 0.05) is 17.7 Å². The number of methoxy groups -OCH3 is 2. The van der Waals surface area contributed by atoms with Crippen LogP contribution in [0.3, 0.4) is 0 Å². The highest BCUT2D eigenvalue weighted by molar-refractivity contribution is 5.91. The van der Waals surface area contributed by atoms with E-state index in [1.54, 1.807) is 14.2 Å². The Morgan fingerprint density at radius 2 is 1.86 bits per heavy atom. The highest BCUT2D eigenvalue weighted by atomic mass is 19.4. The number of hydrogen-bond acceptors (Lipinski definition) is 3. The molecule has 2 aromatic carbocycles. The number of carbonyl (C=O) groups excluding carboxylic acids is 1. The van der Waals surface area contributed by atoms with Crippen LogP contribution in [0.2, 0.25) is 0 Å². The van der Waals surface area contributed by atoms with E-state index in [1.165, 1.54) is 12.1 Å². The number of rotatable bonds is 5. The number of anilines is 1. The second-order valence-corrected chi connectivity index (χ2v) is 7.09. The molecule has 1 aliphatic heterocycles. The van der Waals surface area contributed by atoms with Crippen molar-refractivity contribution >= 4 is 11.6 Å². The molecule has 1 heterocycles. The van der Waals surface area contributed by atoms with Gasteiger partial charge in [0.05, 0.1) is 26.3 Å². The lowest BCUT2D eigenvalue weighted by molar-refractivity contribution is -0.924. The molecular weight excluding hydrogens is 385 g/mol. The van der Waals surface area contributed by atoms with Crippen LogP contribution in [0.15, 0.2) is 36.4 Å². The first-order valence-electron chi connectivity index (χ1n) is 9.29. The van der Waals surface area contributed by atoms with Gasteiger partial charge in [-0.1, -0.05) is 6.07 Å². The van der Waals surface area contributed by atoms with Crippen LogP contribution in [0.1, 0.15) is 29.7 Å². The Balaban J connectivity index is 1.71. The summed E-state index contributed by atoms with van der Waals surface area (Å²) < 4.78 is 49.3. The first kappa shape index (κ1) is 21.0. The maximum Gasteiger partial charge on any atom is 0.416 e. The molecule has 156 valence electrons. The number of fused-ring (bicyclic) bond motifs is 1. The fraction of sp³-hybridized carbons (Fsp3) is 0.381. The molecule has 0 spiro atoms. The molecule has 3 rings (SSSR count). The smallest absolute Gasteiger partial charge is 0.416 e. The van der Waals surface area contributed by atoms with Gasteiger partial charge in [-0.2, -0.15) is 13.2 Å². The number of benzene rings is 2. The third kappa shape index (κ3) is 4.64. The molecule has 0 aliphatic carbocycles. The zero-order valence-electron chi connectivity index (χ0n) is 16.5. The first-order chi connectivity index (χ1) is 13.7. The molecule has 1 aliphatic rings. The molecule has 1 unspecified atom stereocenters. The van der Waals surface area contributed by atoms with Gasteiger partial charge in [0.25, 0.3) is 5.91 Å². The minimum Gasteiger partial charge on any atom is -0.493 e. The van der Waals surface area contributed by atoms with Gasteiger partial charge < -0.3 is 19.7 Å². The van der Waals surface area contributed by atoms with Crippen molar-refractivity contribution < 1.29 is 32.3 Å². The summed E-state index contributed by atoms with van der Waals surface area (Å²) in [6, 6.07) is 8.59. The topological polar surface area (TPSA) is 52.0 Å². The van der Waals surface area contributed by atoms with E-state index >= 15 is 0 Å². The molecule has 0 fully saturated rings. The van der Waals surface area contributed by atoms with Crippen LogP contribution >= 0.6 is 0 Å². The van der Waals surface area contributed by atoms with Gasteiger partial charge in [0.1, 0.15) is 6.04 Å². The monoisotopic (exact) mass is 409 g/mol. The van der Waals surface area contributed by atoms with Gasteiger partial charge in [-0.25, -0.2) is 0 Å². The van der Waals surface area contributed by atoms with E-state index in [2.05, 4.69) is 5.32 Å². The number of halogens is 3. The van der Waals surface area contributed by atoms with Crippen LogP contribution in [0, 0.1) is 0 Å². The average molecular weight is 409 g/mol. The summed E-state index contributed by atoms with van der Waals surface area (Å²) in [5, 5.41) is 2.58. The van der Waals surface area contributed by atoms with Gasteiger partial charge in [-0.15, -0.1) is 0 Å². The number of ether oxygens (including phenoxy) is 2. The van der Waals surface area contributed by atoms with Crippen molar-refractivity contribution in [2.24, 2.45) is 0 Å². The van der Waals surface area contributed by atoms with Crippen LogP contribution in [0.4, 0.5) is 18.9 Å². The molecule has 0 saturated carbocycles. The highest BCUT2D eigenvalue weighted by Gasteiger charge is 2.32. The van der Waals surface area contributed by atoms with E-state index in [1.807, 2.05) is 19.1 Å². The van der Waals surface area contributed by atoms with Crippen LogP contribution < -0.4 is 19.7 Å². The van der Waals surface area contributed by atoms with Crippen LogP contribution in [0.5, 0.6) is 11.5 Å². The first-order valence-corrected chi connectivity index (χ1v) is 9.29. The van der Waals surface area contributed by atoms with E-state index in [-0.39, 0.29) is 24.2 Å². The van der Waals surface area contributed by atoms with E-state index < -0.39 is 11.7 Å². The lowest BCUT2D eigenvalue weighted by Gasteiger charge is -2.32. The summed E-state index contributed by atoms with van der Waals surface area (Å²) in [4.78, 5) is 13.5. The van der Waals surface area contributed by atoms with Crippen molar-refractivity contribution in [1.82, 2.24) is 0 Å². The average Bonchev–Trinajstić information content (AvgIpc) is 2.68. The Kier molecular flexibility index (Phi) is 6.02. The number of alkyl halides is 3. The van der Waals surface area contributed by atoms with Gasteiger partial charge in [-0.3, -0.25) is 4.79 Å². The van der Waals surface area contributed by atoms with Gasteiger partial charge >= 0.3 is 6.18 Å². The van der Waals surface area contributed by atoms with E-state index in [0.29, 0.717) is 11.5 Å². The van der Waals surface area contributed by atoms with Gasteiger partial charge in [-0.05, 0) is 42.8 Å². The molecule has 2 aromatic rings. The molecule has 8 heteroatoms. The third-order valence-electron chi connectivity index (χ3n) is 5.30. The minimum absolute atomic E-state index is 0.0332. The fourth-order valence-corrected chi connectivity index (χ4v) is 3.71. The maximum atomic E-state index is 12.8. The van der Waals surface area contributed by atoms with Crippen molar-refractivity contribution in [1.29, 1.82) is 0 Å². The van der Waals surface area contributed by atoms with E-state index in [0.717, 1.165) is 41.1 Å². The second-order valence-electron chi connectivity index (χ2n) is 7.09. The summed E-state index contributed by atoms with van der Waals surface area (Å²) in [6.07, 6.45) is -3.68. The maximum absolute atomic E-state index is 12.8. The third-order valence-corrected chi connectivity index (χ3v) is 5.30. The molecule has 29 heavy (non-hydrogen) atoms. The van der Waals surface area contributed by atoms with Crippen molar-refractivity contribution in [2.75, 3.05) is 32.6 Å². The van der Waals surface area contributed by atoms with E-state index in [9.17, 15) is 18.0 Å². The molecular formula is C21H24F3N2O3+. The second kappa shape index (κ2) is 8.32. The predicted molar refractivity (Wildman–Crippen MR) is 102 cm³/mol. The summed E-state index contributed by atoms with van der Waals surface area (Å²) in [7, 11) is 3.16. The van der Waals surface area contributed by atoms with Gasteiger partial charge in [0.15, 0.2) is 18.0 Å². The van der Waals surface area contributed by atoms with Crippen LogP contribution in [-0.4, -0.2) is 33.2 Å². The molecule has 2 N–H and O–H groups in total. The lowest BCUT2D eigenvalue weighted by atomic mass is 9.93. The molecule has 0 saturated heterocycles. The molecule has 2 atom stereocenters. The summed E-state index contributed by atoms with van der Waals surface area (Å²) >= 11 is 0. The predicted octanol–water partition coefficient (Wildman–Crippen LogP) is 2.86. The normalized spacial score (nSPS) is 18.7. The van der Waals surface area contributed by atoms with Crippen molar-refractivity contribution in [3.8, 4) is 11.5 Å². The largest absolute Gasteiger partial charge is 0.493 e. The Bertz CT molecular complexity index is 899. The van der Waals surface area contributed by atoms with E-state index in [4.69, 9.17) is 9.47 Å². The van der Waals surface area contributed by atoms with Crippen molar-refractivity contribution in [3.63, 3.8) is 0 Å². The number of hydrogen-bond donors (Lipinski definition) is 2. The quantitative estimate of drug-likeness (QED) is 0.799. The number of carbonyl (C=O) groups is 1. The number of nitrogens with one attached hydrogen (secondary N) is 2. The Labute approximate surface area is 167 Å². The van der Waals surface area contributed by atoms with Crippen LogP contribution in [-0.2, 0) is 17.4 Å². The molecule has 0 bridgehead atoms. The highest BCUT2D eigenvalue weighted by Crippen LogP contribution is 2.34. The molecule has 5 nitrogen and oxygen atoms in total. The minimum atomic E-state index is -4.45. The zero-order valence-corrected chi connectivity index (χ0v) is 16.5. The summed E-state index contributed by atoms with van der Waals surface area (Å²) in [5.74, 6) is 0.979. The Morgan fingerprint density at radius 3 is 2.52 bits per heavy atom. The zero-order chi connectivity index (χ0) is 21.2. The van der Waals surface area contributed by atoms with Crippen LogP contribution in [0.25, 0.3) is 0 Å².